The smallest absolute Gasteiger partial charge is 0.237 e. The zero-order valence-corrected chi connectivity index (χ0v) is 11.6. The fraction of sp³-hybridized carbons (Fsp3) is 0.364. The van der Waals surface area contributed by atoms with Crippen molar-refractivity contribution in [1.82, 2.24) is 0 Å². The molecule has 0 spiro atoms. The monoisotopic (exact) mass is 293 g/mol. The number of thioether (sulfide) groups is 1. The molecule has 0 radical (unpaired) electrons. The minimum atomic E-state index is -0.253. The molecule has 0 aliphatic carbocycles. The Bertz CT molecular complexity index is 401. The lowest BCUT2D eigenvalue weighted by Crippen LogP contribution is -2.23. The van der Waals surface area contributed by atoms with E-state index in [0.29, 0.717) is 21.5 Å². The lowest BCUT2D eigenvalue weighted by Gasteiger charge is -2.12. The first-order valence-corrected chi connectivity index (χ1v) is 6.83. The van der Waals surface area contributed by atoms with Gasteiger partial charge in [0.15, 0.2) is 0 Å². The zero-order chi connectivity index (χ0) is 12.8. The Hall–Kier alpha value is -0.420. The van der Waals surface area contributed by atoms with Gasteiger partial charge in [-0.2, -0.15) is 0 Å². The largest absolute Gasteiger partial charge is 0.396 e. The molecule has 1 aromatic rings. The van der Waals surface area contributed by atoms with Gasteiger partial charge in [0.25, 0.3) is 0 Å². The lowest BCUT2D eigenvalue weighted by molar-refractivity contribution is -0.115. The molecule has 0 unspecified atom stereocenters. The number of anilines is 1. The molecule has 1 atom stereocenters. The Morgan fingerprint density at radius 1 is 1.53 bits per heavy atom. The molecule has 6 heteroatoms. The molecule has 1 amide bonds. The average Bonchev–Trinajstić information content (AvgIpc) is 2.30. The Labute approximate surface area is 114 Å². The highest BCUT2D eigenvalue weighted by Crippen LogP contribution is 2.26. The molecule has 17 heavy (non-hydrogen) atoms. The van der Waals surface area contributed by atoms with E-state index < -0.39 is 0 Å². The van der Waals surface area contributed by atoms with E-state index in [4.69, 9.17) is 28.3 Å². The SMILES string of the molecule is C[C@H](SCCO)C(=O)Nc1cc(Cl)ccc1Cl. The van der Waals surface area contributed by atoms with Crippen LogP contribution in [0, 0.1) is 0 Å². The standard InChI is InChI=1S/C11H13Cl2NO2S/c1-7(17-5-4-15)11(16)14-10-6-8(12)2-3-9(10)13/h2-3,6-7,15H,4-5H2,1H3,(H,14,16)/t7-/m0/s1. The van der Waals surface area contributed by atoms with Crippen LogP contribution in [0.3, 0.4) is 0 Å². The molecule has 1 rings (SSSR count). The molecule has 0 saturated heterocycles. The minimum Gasteiger partial charge on any atom is -0.396 e. The highest BCUT2D eigenvalue weighted by Gasteiger charge is 2.14. The van der Waals surface area contributed by atoms with Crippen molar-refractivity contribution in [3.8, 4) is 0 Å². The van der Waals surface area contributed by atoms with Gasteiger partial charge in [-0.1, -0.05) is 23.2 Å². The fourth-order valence-electron chi connectivity index (χ4n) is 1.13. The summed E-state index contributed by atoms with van der Waals surface area (Å²) in [6, 6.07) is 4.89. The number of rotatable bonds is 5. The third-order valence-electron chi connectivity index (χ3n) is 2.01. The highest BCUT2D eigenvalue weighted by atomic mass is 35.5. The van der Waals surface area contributed by atoms with E-state index in [1.54, 1.807) is 25.1 Å². The van der Waals surface area contributed by atoms with E-state index >= 15 is 0 Å². The number of aliphatic hydroxyl groups is 1. The number of benzene rings is 1. The summed E-state index contributed by atoms with van der Waals surface area (Å²) in [5, 5.41) is 12.1. The van der Waals surface area contributed by atoms with Crippen molar-refractivity contribution in [3.63, 3.8) is 0 Å². The second-order valence-corrected chi connectivity index (χ2v) is 5.64. The van der Waals surface area contributed by atoms with Crippen molar-refractivity contribution < 1.29 is 9.90 Å². The van der Waals surface area contributed by atoms with Gasteiger partial charge < -0.3 is 10.4 Å². The van der Waals surface area contributed by atoms with E-state index in [9.17, 15) is 4.79 Å². The Morgan fingerprint density at radius 2 is 2.24 bits per heavy atom. The number of hydrogen-bond acceptors (Lipinski definition) is 3. The second kappa shape index (κ2) is 7.11. The first kappa shape index (κ1) is 14.6. The molecule has 0 saturated carbocycles. The summed E-state index contributed by atoms with van der Waals surface area (Å²) in [4.78, 5) is 11.8. The minimum absolute atomic E-state index is 0.0558. The number of carbonyl (C=O) groups excluding carboxylic acids is 1. The van der Waals surface area contributed by atoms with Crippen molar-refractivity contribution in [3.05, 3.63) is 28.2 Å². The van der Waals surface area contributed by atoms with Gasteiger partial charge in [0.2, 0.25) is 5.91 Å². The molecule has 0 aromatic heterocycles. The summed E-state index contributed by atoms with van der Waals surface area (Å²) in [5.74, 6) is 0.366. The number of carbonyl (C=O) groups is 1. The molecule has 0 bridgehead atoms. The Kier molecular flexibility index (Phi) is 6.12. The number of hydrogen-bond donors (Lipinski definition) is 2. The predicted octanol–water partition coefficient (Wildman–Crippen LogP) is 3.05. The summed E-state index contributed by atoms with van der Waals surface area (Å²) in [7, 11) is 0. The van der Waals surface area contributed by atoms with Crippen LogP contribution in [-0.2, 0) is 4.79 Å². The average molecular weight is 294 g/mol. The maximum Gasteiger partial charge on any atom is 0.237 e. The van der Waals surface area contributed by atoms with Crippen LogP contribution < -0.4 is 5.32 Å². The molecule has 0 aliphatic rings. The van der Waals surface area contributed by atoms with E-state index in [1.807, 2.05) is 0 Å². The molecule has 2 N–H and O–H groups in total. The predicted molar refractivity (Wildman–Crippen MR) is 74.1 cm³/mol. The van der Waals surface area contributed by atoms with Crippen molar-refractivity contribution in [2.75, 3.05) is 17.7 Å². The van der Waals surface area contributed by atoms with Crippen LogP contribution in [-0.4, -0.2) is 28.6 Å². The van der Waals surface area contributed by atoms with E-state index in [-0.39, 0.29) is 17.8 Å². The van der Waals surface area contributed by atoms with E-state index in [0.717, 1.165) is 0 Å². The van der Waals surface area contributed by atoms with Crippen LogP contribution in [0.2, 0.25) is 10.0 Å². The van der Waals surface area contributed by atoms with Crippen LogP contribution >= 0.6 is 35.0 Å². The van der Waals surface area contributed by atoms with Gasteiger partial charge in [0.1, 0.15) is 0 Å². The first-order chi connectivity index (χ1) is 8.04. The van der Waals surface area contributed by atoms with Crippen molar-refractivity contribution in [2.24, 2.45) is 0 Å². The summed E-state index contributed by atoms with van der Waals surface area (Å²) < 4.78 is 0. The van der Waals surface area contributed by atoms with Crippen molar-refractivity contribution in [1.29, 1.82) is 0 Å². The van der Waals surface area contributed by atoms with Crippen LogP contribution in [0.1, 0.15) is 6.92 Å². The third-order valence-corrected chi connectivity index (χ3v) is 3.71. The summed E-state index contributed by atoms with van der Waals surface area (Å²) in [6.45, 7) is 1.83. The molecule has 0 aliphatic heterocycles. The highest BCUT2D eigenvalue weighted by molar-refractivity contribution is 8.00. The van der Waals surface area contributed by atoms with Crippen molar-refractivity contribution in [2.45, 2.75) is 12.2 Å². The molecular formula is C11H13Cl2NO2S. The topological polar surface area (TPSA) is 49.3 Å². The van der Waals surface area contributed by atoms with Gasteiger partial charge >= 0.3 is 0 Å². The second-order valence-electron chi connectivity index (χ2n) is 3.35. The molecule has 0 heterocycles. The normalized spacial score (nSPS) is 12.2. The molecule has 3 nitrogen and oxygen atoms in total. The summed E-state index contributed by atoms with van der Waals surface area (Å²) in [6.07, 6.45) is 0. The molecule has 0 fully saturated rings. The summed E-state index contributed by atoms with van der Waals surface area (Å²) >= 11 is 13.1. The molecule has 94 valence electrons. The Morgan fingerprint density at radius 3 is 2.88 bits per heavy atom. The maximum atomic E-state index is 11.8. The van der Waals surface area contributed by atoms with Gasteiger partial charge in [0.05, 0.1) is 22.6 Å². The van der Waals surface area contributed by atoms with Crippen LogP contribution in [0.15, 0.2) is 18.2 Å². The maximum absolute atomic E-state index is 11.8. The van der Waals surface area contributed by atoms with Crippen molar-refractivity contribution >= 4 is 46.6 Å². The van der Waals surface area contributed by atoms with Crippen LogP contribution in [0.5, 0.6) is 0 Å². The molecular weight excluding hydrogens is 281 g/mol. The van der Waals surface area contributed by atoms with Crippen LogP contribution in [0.4, 0.5) is 5.69 Å². The van der Waals surface area contributed by atoms with Gasteiger partial charge in [-0.05, 0) is 25.1 Å². The third kappa shape index (κ3) is 4.76. The molecule has 1 aromatic carbocycles. The van der Waals surface area contributed by atoms with Gasteiger partial charge in [-0.15, -0.1) is 11.8 Å². The number of amides is 1. The first-order valence-electron chi connectivity index (χ1n) is 5.03. The number of aliphatic hydroxyl groups excluding tert-OH is 1. The van der Waals surface area contributed by atoms with Crippen LogP contribution in [0.25, 0.3) is 0 Å². The number of halogens is 2. The quantitative estimate of drug-likeness (QED) is 0.877. The Balaban J connectivity index is 2.64. The van der Waals surface area contributed by atoms with Gasteiger partial charge in [-0.25, -0.2) is 0 Å². The zero-order valence-electron chi connectivity index (χ0n) is 9.24. The number of nitrogens with one attached hydrogen (secondary N) is 1. The summed E-state index contributed by atoms with van der Waals surface area (Å²) in [5.41, 5.74) is 0.501. The fourth-order valence-corrected chi connectivity index (χ4v) is 2.14. The van der Waals surface area contributed by atoms with E-state index in [2.05, 4.69) is 5.32 Å². The van der Waals surface area contributed by atoms with E-state index in [1.165, 1.54) is 11.8 Å². The van der Waals surface area contributed by atoms with Gasteiger partial charge in [0, 0.05) is 10.8 Å². The van der Waals surface area contributed by atoms with Gasteiger partial charge in [-0.3, -0.25) is 4.79 Å². The lowest BCUT2D eigenvalue weighted by atomic mass is 10.3.